The maximum atomic E-state index is 11.9. The number of hydrogen-bond donors (Lipinski definition) is 4. The van der Waals surface area contributed by atoms with Gasteiger partial charge in [-0.2, -0.15) is 0 Å². The molecule has 0 aliphatic carbocycles. The van der Waals surface area contributed by atoms with E-state index in [4.69, 9.17) is 5.11 Å². The lowest BCUT2D eigenvalue weighted by atomic mass is 10.2. The van der Waals surface area contributed by atoms with E-state index >= 15 is 0 Å². The fraction of sp³-hybridized carbons (Fsp3) is 0.0833. The van der Waals surface area contributed by atoms with E-state index in [1.165, 1.54) is 11.3 Å². The largest absolute Gasteiger partial charge is 0.494 e. The monoisotopic (exact) mass is 294 g/mol. The predicted octanol–water partition coefficient (Wildman–Crippen LogP) is 0.698. The predicted molar refractivity (Wildman–Crippen MR) is 70.9 cm³/mol. The molecule has 104 valence electrons. The van der Waals surface area contributed by atoms with Crippen molar-refractivity contribution in [3.8, 4) is 5.88 Å². The van der Waals surface area contributed by atoms with Gasteiger partial charge in [-0.3, -0.25) is 14.6 Å². The molecule has 0 fully saturated rings. The summed E-state index contributed by atoms with van der Waals surface area (Å²) in [5.41, 5.74) is -0.771. The van der Waals surface area contributed by atoms with Gasteiger partial charge in [-0.25, -0.2) is 4.79 Å². The van der Waals surface area contributed by atoms with Gasteiger partial charge < -0.3 is 15.5 Å². The Balaban J connectivity index is 2.25. The molecular formula is C12H10N2O5S. The molecule has 0 aliphatic heterocycles. The minimum absolute atomic E-state index is 0.117. The van der Waals surface area contributed by atoms with E-state index in [1.54, 1.807) is 17.5 Å². The van der Waals surface area contributed by atoms with Crippen molar-refractivity contribution in [2.75, 3.05) is 0 Å². The van der Waals surface area contributed by atoms with E-state index in [2.05, 4.69) is 10.3 Å². The van der Waals surface area contributed by atoms with Crippen LogP contribution in [0.5, 0.6) is 5.88 Å². The van der Waals surface area contributed by atoms with Crippen molar-refractivity contribution < 1.29 is 19.8 Å². The lowest BCUT2D eigenvalue weighted by Gasteiger charge is -2.12. The van der Waals surface area contributed by atoms with Crippen molar-refractivity contribution in [2.45, 2.75) is 6.04 Å². The van der Waals surface area contributed by atoms with Crippen LogP contribution in [0.1, 0.15) is 21.3 Å². The van der Waals surface area contributed by atoms with Crippen molar-refractivity contribution in [1.82, 2.24) is 10.3 Å². The summed E-state index contributed by atoms with van der Waals surface area (Å²) >= 11 is 1.19. The van der Waals surface area contributed by atoms with Crippen LogP contribution in [0, 0.1) is 0 Å². The van der Waals surface area contributed by atoms with Gasteiger partial charge in [0.05, 0.1) is 5.56 Å². The maximum absolute atomic E-state index is 11.9. The van der Waals surface area contributed by atoms with Gasteiger partial charge in [0.25, 0.3) is 11.5 Å². The van der Waals surface area contributed by atoms with Crippen LogP contribution < -0.4 is 10.9 Å². The van der Waals surface area contributed by atoms with Crippen LogP contribution in [0.25, 0.3) is 0 Å². The van der Waals surface area contributed by atoms with Crippen molar-refractivity contribution in [3.05, 3.63) is 50.4 Å². The Morgan fingerprint density at radius 2 is 2.10 bits per heavy atom. The van der Waals surface area contributed by atoms with Gasteiger partial charge in [-0.15, -0.1) is 11.3 Å². The van der Waals surface area contributed by atoms with Crippen LogP contribution in [0.2, 0.25) is 0 Å². The number of carboxylic acids is 1. The van der Waals surface area contributed by atoms with Crippen molar-refractivity contribution in [1.29, 1.82) is 0 Å². The van der Waals surface area contributed by atoms with E-state index in [0.717, 1.165) is 12.1 Å². The fourth-order valence-corrected chi connectivity index (χ4v) is 2.35. The number of hydrogen-bond acceptors (Lipinski definition) is 5. The Morgan fingerprint density at radius 3 is 2.65 bits per heavy atom. The van der Waals surface area contributed by atoms with E-state index in [-0.39, 0.29) is 5.56 Å². The summed E-state index contributed by atoms with van der Waals surface area (Å²) in [7, 11) is 0. The molecule has 0 bridgehead atoms. The number of H-pyrrole nitrogens is 1. The number of carboxylic acid groups (broad SMARTS) is 1. The quantitative estimate of drug-likeness (QED) is 0.661. The van der Waals surface area contributed by atoms with E-state index in [1.807, 2.05) is 0 Å². The van der Waals surface area contributed by atoms with E-state index in [0.29, 0.717) is 4.88 Å². The molecule has 0 radical (unpaired) electrons. The number of aromatic nitrogens is 1. The van der Waals surface area contributed by atoms with Gasteiger partial charge >= 0.3 is 5.97 Å². The first kappa shape index (κ1) is 13.8. The Kier molecular flexibility index (Phi) is 3.85. The van der Waals surface area contributed by atoms with Crippen molar-refractivity contribution >= 4 is 23.2 Å². The zero-order valence-corrected chi connectivity index (χ0v) is 10.8. The van der Waals surface area contributed by atoms with Crippen LogP contribution in [-0.2, 0) is 4.79 Å². The minimum Gasteiger partial charge on any atom is -0.494 e. The summed E-state index contributed by atoms with van der Waals surface area (Å²) in [6, 6.07) is 4.07. The molecule has 4 N–H and O–H groups in total. The molecule has 0 saturated heterocycles. The lowest BCUT2D eigenvalue weighted by Crippen LogP contribution is -2.33. The molecule has 0 spiro atoms. The number of rotatable bonds is 4. The fourth-order valence-electron chi connectivity index (χ4n) is 1.58. The Bertz CT molecular complexity index is 692. The summed E-state index contributed by atoms with van der Waals surface area (Å²) in [5.74, 6) is -2.44. The second kappa shape index (κ2) is 5.57. The number of nitrogens with one attached hydrogen (secondary N) is 2. The van der Waals surface area contributed by atoms with Crippen LogP contribution in [0.15, 0.2) is 34.4 Å². The van der Waals surface area contributed by atoms with Gasteiger partial charge in [-0.1, -0.05) is 6.07 Å². The second-order valence-corrected chi connectivity index (χ2v) is 4.86. The van der Waals surface area contributed by atoms with Gasteiger partial charge in [0.1, 0.15) is 0 Å². The molecule has 2 aromatic rings. The third-order valence-corrected chi connectivity index (χ3v) is 3.38. The molecule has 1 unspecified atom stereocenters. The van der Waals surface area contributed by atoms with Gasteiger partial charge in [0, 0.05) is 17.0 Å². The van der Waals surface area contributed by atoms with E-state index < -0.39 is 29.4 Å². The average Bonchev–Trinajstić information content (AvgIpc) is 2.87. The number of thiophene rings is 1. The highest BCUT2D eigenvalue weighted by molar-refractivity contribution is 7.10. The number of aromatic amines is 1. The number of aromatic hydroxyl groups is 1. The summed E-state index contributed by atoms with van der Waals surface area (Å²) in [4.78, 5) is 36.8. The molecule has 0 saturated carbocycles. The average molecular weight is 294 g/mol. The first-order valence-electron chi connectivity index (χ1n) is 5.48. The summed E-state index contributed by atoms with van der Waals surface area (Å²) < 4.78 is 0. The second-order valence-electron chi connectivity index (χ2n) is 3.88. The van der Waals surface area contributed by atoms with Gasteiger partial charge in [-0.05, 0) is 11.4 Å². The maximum Gasteiger partial charge on any atom is 0.331 e. The summed E-state index contributed by atoms with van der Waals surface area (Å²) in [6.07, 6.45) is 0. The molecule has 1 amide bonds. The Labute approximate surface area is 116 Å². The summed E-state index contributed by atoms with van der Waals surface area (Å²) in [5, 5.41) is 22.3. The SMILES string of the molecule is O=C(NC(C(=O)O)c1cccs1)c1cc(O)[nH]c(=O)c1. The van der Waals surface area contributed by atoms with Crippen LogP contribution in [-0.4, -0.2) is 27.1 Å². The molecule has 1 atom stereocenters. The highest BCUT2D eigenvalue weighted by atomic mass is 32.1. The standard InChI is InChI=1S/C12H10N2O5S/c15-8-4-6(5-9(16)13-8)11(17)14-10(12(18)19)7-2-1-3-20-7/h1-5,10H,(H,14,17)(H,18,19)(H2,13,15,16). The molecule has 7 nitrogen and oxygen atoms in total. The van der Waals surface area contributed by atoms with E-state index in [9.17, 15) is 19.5 Å². The third kappa shape index (κ3) is 3.04. The third-order valence-electron chi connectivity index (χ3n) is 2.44. The molecule has 0 aliphatic rings. The van der Waals surface area contributed by atoms with Gasteiger partial charge in [0.15, 0.2) is 11.9 Å². The van der Waals surface area contributed by atoms with Crippen LogP contribution in [0.3, 0.4) is 0 Å². The molecule has 20 heavy (non-hydrogen) atoms. The number of pyridine rings is 1. The zero-order valence-electron chi connectivity index (χ0n) is 9.99. The zero-order chi connectivity index (χ0) is 14.7. The minimum atomic E-state index is -1.21. The first-order chi connectivity index (χ1) is 9.47. The number of carbonyl (C=O) groups is 2. The Hall–Kier alpha value is -2.61. The number of carbonyl (C=O) groups excluding carboxylic acids is 1. The molecule has 2 heterocycles. The lowest BCUT2D eigenvalue weighted by molar-refractivity contribution is -0.139. The molecule has 8 heteroatoms. The summed E-state index contributed by atoms with van der Waals surface area (Å²) in [6.45, 7) is 0. The molecule has 2 aromatic heterocycles. The normalized spacial score (nSPS) is 11.8. The number of aliphatic carboxylic acids is 1. The van der Waals surface area contributed by atoms with Crippen LogP contribution in [0.4, 0.5) is 0 Å². The molecule has 2 rings (SSSR count). The van der Waals surface area contributed by atoms with Gasteiger partial charge in [0.2, 0.25) is 0 Å². The smallest absolute Gasteiger partial charge is 0.331 e. The number of amides is 1. The Morgan fingerprint density at radius 1 is 1.35 bits per heavy atom. The highest BCUT2D eigenvalue weighted by Crippen LogP contribution is 2.19. The molecule has 0 aromatic carbocycles. The van der Waals surface area contributed by atoms with Crippen molar-refractivity contribution in [3.63, 3.8) is 0 Å². The van der Waals surface area contributed by atoms with Crippen molar-refractivity contribution in [2.24, 2.45) is 0 Å². The van der Waals surface area contributed by atoms with Crippen LogP contribution >= 0.6 is 11.3 Å². The molecular weight excluding hydrogens is 284 g/mol. The topological polar surface area (TPSA) is 119 Å². The first-order valence-corrected chi connectivity index (χ1v) is 6.36. The highest BCUT2D eigenvalue weighted by Gasteiger charge is 2.23.